The van der Waals surface area contributed by atoms with E-state index in [1.54, 1.807) is 0 Å². The first-order valence-corrected chi connectivity index (χ1v) is 4.56. The molecular weight excluding hydrogens is 201 g/mol. The number of rotatable bonds is 2. The van der Waals surface area contributed by atoms with Crippen LogP contribution in [0, 0.1) is 19.3 Å². The predicted octanol–water partition coefficient (Wildman–Crippen LogP) is -0.649. The Morgan fingerprint density at radius 2 is 2.00 bits per heavy atom. The van der Waals surface area contributed by atoms with Crippen molar-refractivity contribution in [1.82, 2.24) is 15.0 Å². The summed E-state index contributed by atoms with van der Waals surface area (Å²) in [5.74, 6) is 0.612. The number of nitrogens with zero attached hydrogens (tertiary/aromatic N) is 3. The summed E-state index contributed by atoms with van der Waals surface area (Å²) in [5, 5.41) is 7.63. The maximum absolute atomic E-state index is 3.86. The van der Waals surface area contributed by atoms with Crippen LogP contribution in [-0.2, 0) is 6.54 Å². The second-order valence-electron chi connectivity index (χ2n) is 3.40. The summed E-state index contributed by atoms with van der Waals surface area (Å²) >= 11 is 0. The van der Waals surface area contributed by atoms with E-state index in [9.17, 15) is 0 Å². The molecule has 0 aliphatic carbocycles. The minimum atomic E-state index is 0. The Balaban J connectivity index is 0. The van der Waals surface area contributed by atoms with Crippen molar-refractivity contribution in [2.24, 2.45) is 5.92 Å². The normalized spacial score (nSPS) is 8.93. The Hall–Kier alpha value is 0.646. The first-order chi connectivity index (χ1) is 6.10. The van der Waals surface area contributed by atoms with Crippen molar-refractivity contribution >= 4 is 0 Å². The van der Waals surface area contributed by atoms with Crippen molar-refractivity contribution in [2.75, 3.05) is 0 Å². The Labute approximate surface area is 130 Å². The van der Waals surface area contributed by atoms with Crippen LogP contribution in [0.25, 0.3) is 0 Å². The van der Waals surface area contributed by atoms with Gasteiger partial charge in [-0.1, -0.05) is 31.0 Å². The van der Waals surface area contributed by atoms with Crippen LogP contribution in [0.15, 0.2) is 6.20 Å². The number of hydrogen-bond donors (Lipinski definition) is 0. The van der Waals surface area contributed by atoms with Gasteiger partial charge in [0.2, 0.25) is 0 Å². The van der Waals surface area contributed by atoms with Crippen LogP contribution in [0.1, 0.15) is 33.4 Å². The fourth-order valence-corrected chi connectivity index (χ4v) is 0.802. The minimum absolute atomic E-state index is 0. The van der Waals surface area contributed by atoms with Crippen LogP contribution in [0.2, 0.25) is 0 Å². The van der Waals surface area contributed by atoms with Gasteiger partial charge in [0.1, 0.15) is 0 Å². The summed E-state index contributed by atoms with van der Waals surface area (Å²) in [4.78, 5) is 0. The summed E-state index contributed by atoms with van der Waals surface area (Å²) in [6.07, 6.45) is 3.85. The number of aromatic nitrogens is 3. The predicted molar refractivity (Wildman–Crippen MR) is 55.0 cm³/mol. The van der Waals surface area contributed by atoms with Gasteiger partial charge in [0.25, 0.3) is 0 Å². The van der Waals surface area contributed by atoms with E-state index in [-0.39, 0.29) is 51.4 Å². The standard InChI is InChI=1S/C7H12N3.C3H7.K/c1-6(2)4-10-5-7(3)8-9-10;1-3-2;/h5-6H,3-4H2,1-2H3;3H,1-2H3;/q2*-1;+1. The summed E-state index contributed by atoms with van der Waals surface area (Å²) in [6, 6.07) is 0. The maximum Gasteiger partial charge on any atom is 1.00 e. The Kier molecular flexibility index (Phi) is 12.4. The third kappa shape index (κ3) is 9.21. The van der Waals surface area contributed by atoms with Crippen molar-refractivity contribution < 1.29 is 51.4 Å². The minimum Gasteiger partial charge on any atom is -0.335 e. The van der Waals surface area contributed by atoms with Crippen molar-refractivity contribution in [3.05, 3.63) is 25.2 Å². The van der Waals surface area contributed by atoms with Gasteiger partial charge in [0.15, 0.2) is 0 Å². The summed E-state index contributed by atoms with van der Waals surface area (Å²) < 4.78 is 1.81. The van der Waals surface area contributed by atoms with E-state index in [4.69, 9.17) is 0 Å². The molecule has 76 valence electrons. The van der Waals surface area contributed by atoms with Gasteiger partial charge in [-0.3, -0.25) is 0 Å². The Morgan fingerprint density at radius 1 is 1.50 bits per heavy atom. The van der Waals surface area contributed by atoms with E-state index < -0.39 is 0 Å². The molecule has 0 unspecified atom stereocenters. The first kappa shape index (κ1) is 17.1. The van der Waals surface area contributed by atoms with Gasteiger partial charge >= 0.3 is 51.4 Å². The van der Waals surface area contributed by atoms with E-state index in [2.05, 4.69) is 31.1 Å². The molecular formula is C10H19KN3-. The molecule has 0 radical (unpaired) electrons. The van der Waals surface area contributed by atoms with Crippen LogP contribution in [0.5, 0.6) is 0 Å². The summed E-state index contributed by atoms with van der Waals surface area (Å²) in [5.41, 5.74) is 0.737. The van der Waals surface area contributed by atoms with Crippen LogP contribution < -0.4 is 51.4 Å². The molecule has 1 aromatic rings. The van der Waals surface area contributed by atoms with Gasteiger partial charge in [-0.2, -0.15) is 18.9 Å². The molecule has 0 aromatic carbocycles. The molecule has 1 heterocycles. The Bertz CT molecular complexity index is 221. The molecule has 1 rings (SSSR count). The van der Waals surface area contributed by atoms with Crippen molar-refractivity contribution in [3.63, 3.8) is 0 Å². The summed E-state index contributed by atoms with van der Waals surface area (Å²) in [6.45, 7) is 12.9. The van der Waals surface area contributed by atoms with Crippen LogP contribution in [0.4, 0.5) is 0 Å². The van der Waals surface area contributed by atoms with Crippen LogP contribution in [-0.4, -0.2) is 15.0 Å². The molecule has 0 saturated heterocycles. The van der Waals surface area contributed by atoms with E-state index in [1.807, 2.05) is 31.1 Å². The summed E-state index contributed by atoms with van der Waals surface area (Å²) in [7, 11) is 0. The van der Waals surface area contributed by atoms with E-state index in [0.29, 0.717) is 5.92 Å². The van der Waals surface area contributed by atoms with Gasteiger partial charge in [-0.05, 0) is 5.92 Å². The smallest absolute Gasteiger partial charge is 0.335 e. The molecule has 0 aliphatic heterocycles. The molecule has 0 N–H and O–H groups in total. The maximum atomic E-state index is 3.86. The topological polar surface area (TPSA) is 30.7 Å². The molecule has 0 atom stereocenters. The molecule has 0 amide bonds. The molecule has 0 spiro atoms. The first-order valence-electron chi connectivity index (χ1n) is 4.56. The van der Waals surface area contributed by atoms with E-state index >= 15 is 0 Å². The molecule has 0 aliphatic rings. The zero-order chi connectivity index (χ0) is 10.3. The largest absolute Gasteiger partial charge is 1.00 e. The van der Waals surface area contributed by atoms with Gasteiger partial charge in [-0.25, -0.2) is 6.92 Å². The molecule has 3 nitrogen and oxygen atoms in total. The molecule has 0 fully saturated rings. The van der Waals surface area contributed by atoms with Crippen molar-refractivity contribution in [1.29, 1.82) is 0 Å². The van der Waals surface area contributed by atoms with E-state index in [1.165, 1.54) is 0 Å². The molecule has 14 heavy (non-hydrogen) atoms. The molecule has 1 aromatic heterocycles. The molecule has 0 bridgehead atoms. The van der Waals surface area contributed by atoms with Gasteiger partial charge < -0.3 is 11.1 Å². The van der Waals surface area contributed by atoms with Crippen molar-refractivity contribution in [3.8, 4) is 0 Å². The number of hydrogen-bond acceptors (Lipinski definition) is 2. The third-order valence-electron chi connectivity index (χ3n) is 1.14. The monoisotopic (exact) mass is 220 g/mol. The van der Waals surface area contributed by atoms with Gasteiger partial charge in [0.05, 0.1) is 0 Å². The van der Waals surface area contributed by atoms with Crippen LogP contribution in [0.3, 0.4) is 0 Å². The average Bonchev–Trinajstić information content (AvgIpc) is 2.35. The molecule has 4 heteroatoms. The third-order valence-corrected chi connectivity index (χ3v) is 1.14. The van der Waals surface area contributed by atoms with E-state index in [0.717, 1.165) is 12.2 Å². The average molecular weight is 220 g/mol. The van der Waals surface area contributed by atoms with Gasteiger partial charge in [-0.15, -0.1) is 0 Å². The SMILES string of the molecule is C[CH-]C.[CH2-]c1cn(CC(C)C)nn1.[K+]. The zero-order valence-corrected chi connectivity index (χ0v) is 13.1. The molecule has 0 saturated carbocycles. The van der Waals surface area contributed by atoms with Gasteiger partial charge in [0, 0.05) is 6.54 Å². The van der Waals surface area contributed by atoms with Crippen molar-refractivity contribution in [2.45, 2.75) is 34.2 Å². The zero-order valence-electron chi connectivity index (χ0n) is 9.99. The Morgan fingerprint density at radius 3 is 2.29 bits per heavy atom. The van der Waals surface area contributed by atoms with Crippen LogP contribution >= 0.6 is 0 Å². The fraction of sp³-hybridized carbons (Fsp3) is 0.600. The quantitative estimate of drug-likeness (QED) is 0.490. The second-order valence-corrected chi connectivity index (χ2v) is 3.40. The fourth-order valence-electron chi connectivity index (χ4n) is 0.802. The second kappa shape index (κ2) is 10.2.